The number of benzene rings is 1. The van der Waals surface area contributed by atoms with Crippen LogP contribution in [0.3, 0.4) is 0 Å². The molecule has 0 bridgehead atoms. The first kappa shape index (κ1) is 14.4. The molecule has 2 rings (SSSR count). The predicted octanol–water partition coefficient (Wildman–Crippen LogP) is 2.73. The highest BCUT2D eigenvalue weighted by atomic mass is 32.2. The Bertz CT molecular complexity index is 436. The Labute approximate surface area is 119 Å². The molecule has 1 heterocycles. The fourth-order valence-electron chi connectivity index (χ4n) is 2.39. The van der Waals surface area contributed by atoms with E-state index in [4.69, 9.17) is 5.11 Å². The minimum atomic E-state index is 0.169. The number of thioether (sulfide) groups is 1. The van der Waals surface area contributed by atoms with E-state index in [1.165, 1.54) is 11.1 Å². The standard InChI is InChI=1S/C15H21NO2S/c1-12-7-3-4-8-13(12)15-16(14(18)11-19-15)9-5-2-6-10-17/h3-4,7-8,15,17H,2,5-6,9-11H2,1H3. The number of aliphatic hydroxyl groups excluding tert-OH is 1. The van der Waals surface area contributed by atoms with Gasteiger partial charge in [-0.2, -0.15) is 0 Å². The minimum absolute atomic E-state index is 0.169. The van der Waals surface area contributed by atoms with Crippen LogP contribution in [-0.2, 0) is 4.79 Å². The van der Waals surface area contributed by atoms with Crippen molar-refractivity contribution in [1.29, 1.82) is 0 Å². The van der Waals surface area contributed by atoms with E-state index < -0.39 is 0 Å². The monoisotopic (exact) mass is 279 g/mol. The van der Waals surface area contributed by atoms with Crippen molar-refractivity contribution in [3.05, 3.63) is 35.4 Å². The molecule has 0 aromatic heterocycles. The van der Waals surface area contributed by atoms with E-state index in [-0.39, 0.29) is 17.9 Å². The van der Waals surface area contributed by atoms with Gasteiger partial charge in [-0.1, -0.05) is 24.3 Å². The van der Waals surface area contributed by atoms with Gasteiger partial charge in [-0.3, -0.25) is 4.79 Å². The van der Waals surface area contributed by atoms with Gasteiger partial charge in [-0.05, 0) is 37.3 Å². The highest BCUT2D eigenvalue weighted by Gasteiger charge is 2.32. The van der Waals surface area contributed by atoms with Crippen LogP contribution in [0.2, 0.25) is 0 Å². The molecule has 1 saturated heterocycles. The third-order valence-corrected chi connectivity index (χ3v) is 4.72. The lowest BCUT2D eigenvalue weighted by Gasteiger charge is -2.25. The zero-order valence-corrected chi connectivity index (χ0v) is 12.2. The third-order valence-electron chi connectivity index (χ3n) is 3.48. The second-order valence-corrected chi connectivity index (χ2v) is 5.96. The second-order valence-electron chi connectivity index (χ2n) is 4.89. The molecule has 0 aliphatic carbocycles. The van der Waals surface area contributed by atoms with Crippen molar-refractivity contribution >= 4 is 17.7 Å². The molecule has 104 valence electrons. The molecule has 1 unspecified atom stereocenters. The van der Waals surface area contributed by atoms with Crippen LogP contribution < -0.4 is 0 Å². The average Bonchev–Trinajstić information content (AvgIpc) is 2.77. The number of unbranched alkanes of at least 4 members (excludes halogenated alkanes) is 2. The van der Waals surface area contributed by atoms with Crippen molar-refractivity contribution < 1.29 is 9.90 Å². The molecule has 1 aromatic rings. The van der Waals surface area contributed by atoms with Crippen LogP contribution in [0, 0.1) is 6.92 Å². The van der Waals surface area contributed by atoms with Crippen molar-refractivity contribution in [1.82, 2.24) is 4.90 Å². The molecular formula is C15H21NO2S. The Balaban J connectivity index is 2.03. The van der Waals surface area contributed by atoms with Gasteiger partial charge in [0.15, 0.2) is 0 Å². The lowest BCUT2D eigenvalue weighted by Crippen LogP contribution is -2.29. The molecule has 0 radical (unpaired) electrons. The van der Waals surface area contributed by atoms with E-state index in [1.54, 1.807) is 11.8 Å². The van der Waals surface area contributed by atoms with Gasteiger partial charge < -0.3 is 10.0 Å². The van der Waals surface area contributed by atoms with E-state index in [0.29, 0.717) is 5.75 Å². The first-order valence-corrected chi connectivity index (χ1v) is 7.86. The van der Waals surface area contributed by atoms with E-state index in [1.807, 2.05) is 17.0 Å². The summed E-state index contributed by atoms with van der Waals surface area (Å²) in [6, 6.07) is 8.29. The quantitative estimate of drug-likeness (QED) is 0.814. The first-order chi connectivity index (χ1) is 9.24. The summed E-state index contributed by atoms with van der Waals surface area (Å²) in [6.45, 7) is 3.14. The van der Waals surface area contributed by atoms with E-state index in [2.05, 4.69) is 19.1 Å². The number of hydrogen-bond donors (Lipinski definition) is 1. The smallest absolute Gasteiger partial charge is 0.233 e. The Kier molecular flexibility index (Phi) is 5.28. The topological polar surface area (TPSA) is 40.5 Å². The maximum atomic E-state index is 12.0. The molecule has 4 heteroatoms. The van der Waals surface area contributed by atoms with Crippen LogP contribution in [0.5, 0.6) is 0 Å². The molecule has 1 N–H and O–H groups in total. The average molecular weight is 279 g/mol. The highest BCUT2D eigenvalue weighted by molar-refractivity contribution is 8.00. The van der Waals surface area contributed by atoms with Crippen LogP contribution >= 0.6 is 11.8 Å². The van der Waals surface area contributed by atoms with Crippen molar-refractivity contribution in [2.24, 2.45) is 0 Å². The summed E-state index contributed by atoms with van der Waals surface area (Å²) in [5, 5.41) is 8.96. The summed E-state index contributed by atoms with van der Waals surface area (Å²) < 4.78 is 0. The second kappa shape index (κ2) is 6.96. The molecule has 1 aliphatic heterocycles. The van der Waals surface area contributed by atoms with Crippen LogP contribution in [0.1, 0.15) is 35.8 Å². The Morgan fingerprint density at radius 3 is 2.84 bits per heavy atom. The molecule has 0 saturated carbocycles. The molecular weight excluding hydrogens is 258 g/mol. The van der Waals surface area contributed by atoms with Crippen LogP contribution in [0.25, 0.3) is 0 Å². The Morgan fingerprint density at radius 2 is 2.11 bits per heavy atom. The van der Waals surface area contributed by atoms with Crippen molar-refractivity contribution in [3.8, 4) is 0 Å². The molecule has 0 spiro atoms. The Hall–Kier alpha value is -1.00. The summed E-state index contributed by atoms with van der Waals surface area (Å²) >= 11 is 1.72. The molecule has 19 heavy (non-hydrogen) atoms. The SMILES string of the molecule is Cc1ccccc1C1SCC(=O)N1CCCCCO. The molecule has 1 atom stereocenters. The molecule has 1 aliphatic rings. The maximum Gasteiger partial charge on any atom is 0.233 e. The van der Waals surface area contributed by atoms with Crippen LogP contribution in [0.4, 0.5) is 0 Å². The van der Waals surface area contributed by atoms with Gasteiger partial charge in [0.05, 0.1) is 5.75 Å². The van der Waals surface area contributed by atoms with E-state index >= 15 is 0 Å². The zero-order chi connectivity index (χ0) is 13.7. The minimum Gasteiger partial charge on any atom is -0.396 e. The number of amides is 1. The summed E-state index contributed by atoms with van der Waals surface area (Å²) in [5.74, 6) is 0.821. The lowest BCUT2D eigenvalue weighted by atomic mass is 10.1. The summed E-state index contributed by atoms with van der Waals surface area (Å²) in [6.07, 6.45) is 2.77. The van der Waals surface area contributed by atoms with Gasteiger partial charge in [-0.15, -0.1) is 11.8 Å². The number of nitrogens with zero attached hydrogens (tertiary/aromatic N) is 1. The summed E-state index contributed by atoms with van der Waals surface area (Å²) in [5.41, 5.74) is 2.50. The van der Waals surface area contributed by atoms with Crippen molar-refractivity contribution in [2.75, 3.05) is 18.9 Å². The number of carbonyl (C=O) groups excluding carboxylic acids is 1. The zero-order valence-electron chi connectivity index (χ0n) is 11.3. The fraction of sp³-hybridized carbons (Fsp3) is 0.533. The third kappa shape index (κ3) is 3.51. The van der Waals surface area contributed by atoms with Gasteiger partial charge in [0.25, 0.3) is 0 Å². The fourth-order valence-corrected chi connectivity index (χ4v) is 3.70. The molecule has 3 nitrogen and oxygen atoms in total. The lowest BCUT2D eigenvalue weighted by molar-refractivity contribution is -0.128. The van der Waals surface area contributed by atoms with Crippen molar-refractivity contribution in [3.63, 3.8) is 0 Å². The number of aliphatic hydroxyl groups is 1. The predicted molar refractivity (Wildman–Crippen MR) is 79.0 cm³/mol. The van der Waals surface area contributed by atoms with Gasteiger partial charge in [0.1, 0.15) is 5.37 Å². The van der Waals surface area contributed by atoms with Gasteiger partial charge in [0.2, 0.25) is 5.91 Å². The number of hydrogen-bond acceptors (Lipinski definition) is 3. The normalized spacial score (nSPS) is 19.2. The first-order valence-electron chi connectivity index (χ1n) is 6.81. The van der Waals surface area contributed by atoms with E-state index in [0.717, 1.165) is 25.8 Å². The van der Waals surface area contributed by atoms with Gasteiger partial charge in [0, 0.05) is 13.2 Å². The van der Waals surface area contributed by atoms with Crippen LogP contribution in [-0.4, -0.2) is 34.8 Å². The van der Waals surface area contributed by atoms with Crippen molar-refractivity contribution in [2.45, 2.75) is 31.6 Å². The number of rotatable bonds is 6. The number of aryl methyl sites for hydroxylation is 1. The van der Waals surface area contributed by atoms with Crippen LogP contribution in [0.15, 0.2) is 24.3 Å². The molecule has 1 fully saturated rings. The van der Waals surface area contributed by atoms with Gasteiger partial charge >= 0.3 is 0 Å². The Morgan fingerprint density at radius 1 is 1.32 bits per heavy atom. The van der Waals surface area contributed by atoms with E-state index in [9.17, 15) is 4.79 Å². The molecule has 1 amide bonds. The number of carbonyl (C=O) groups is 1. The molecule has 1 aromatic carbocycles. The largest absolute Gasteiger partial charge is 0.396 e. The van der Waals surface area contributed by atoms with Gasteiger partial charge in [-0.25, -0.2) is 0 Å². The maximum absolute atomic E-state index is 12.0. The highest BCUT2D eigenvalue weighted by Crippen LogP contribution is 2.39. The summed E-state index contributed by atoms with van der Waals surface area (Å²) in [4.78, 5) is 14.0. The summed E-state index contributed by atoms with van der Waals surface area (Å²) in [7, 11) is 0.